The number of nitrogens with zero attached hydrogens (tertiary/aromatic N) is 4. The highest BCUT2D eigenvalue weighted by Gasteiger charge is 2.25. The van der Waals surface area contributed by atoms with Gasteiger partial charge in [-0.2, -0.15) is 5.10 Å². The van der Waals surface area contributed by atoms with Gasteiger partial charge in [-0.25, -0.2) is 0 Å². The Bertz CT molecular complexity index is 571. The molecule has 0 saturated heterocycles. The Labute approximate surface area is 137 Å². The van der Waals surface area contributed by atoms with Crippen LogP contribution in [-0.4, -0.2) is 39.6 Å². The molecular weight excluding hydrogens is 354 g/mol. The first-order chi connectivity index (χ1) is 10.2. The van der Waals surface area contributed by atoms with Crippen LogP contribution in [0.4, 0.5) is 0 Å². The van der Waals surface area contributed by atoms with Gasteiger partial charge in [-0.15, -0.1) is 5.10 Å². The fourth-order valence-corrected chi connectivity index (χ4v) is 3.56. The van der Waals surface area contributed by atoms with E-state index in [4.69, 9.17) is 4.74 Å². The number of hydrogen-bond donors (Lipinski definition) is 1. The second kappa shape index (κ2) is 7.98. The Morgan fingerprint density at radius 1 is 1.48 bits per heavy atom. The van der Waals surface area contributed by atoms with Crippen LogP contribution in [0.15, 0.2) is 10.7 Å². The molecule has 0 amide bonds. The molecule has 0 spiro atoms. The van der Waals surface area contributed by atoms with Crippen LogP contribution in [0.3, 0.4) is 0 Å². The molecule has 0 aliphatic carbocycles. The van der Waals surface area contributed by atoms with Crippen molar-refractivity contribution in [1.29, 1.82) is 0 Å². The van der Waals surface area contributed by atoms with Gasteiger partial charge in [0.2, 0.25) is 0 Å². The minimum absolute atomic E-state index is 0.0404. The molecule has 1 unspecified atom stereocenters. The van der Waals surface area contributed by atoms with E-state index in [1.807, 2.05) is 10.9 Å². The molecule has 1 atom stereocenters. The van der Waals surface area contributed by atoms with Crippen LogP contribution in [-0.2, 0) is 17.7 Å². The predicted molar refractivity (Wildman–Crippen MR) is 86.6 cm³/mol. The molecule has 6 nitrogen and oxygen atoms in total. The average Bonchev–Trinajstić information content (AvgIpc) is 3.09. The van der Waals surface area contributed by atoms with Gasteiger partial charge in [0.25, 0.3) is 0 Å². The number of rotatable bonds is 8. The highest BCUT2D eigenvalue weighted by atomic mass is 79.9. The molecule has 2 heterocycles. The van der Waals surface area contributed by atoms with Gasteiger partial charge in [0, 0.05) is 7.11 Å². The fourth-order valence-electron chi connectivity index (χ4n) is 2.21. The third kappa shape index (κ3) is 3.68. The van der Waals surface area contributed by atoms with Crippen molar-refractivity contribution in [2.24, 2.45) is 0 Å². The summed E-state index contributed by atoms with van der Waals surface area (Å²) in [4.78, 5) is 1.15. The summed E-state index contributed by atoms with van der Waals surface area (Å²) in [5, 5.41) is 12.2. The fraction of sp³-hybridized carbons (Fsp3) is 0.615. The molecular formula is C13H20BrN5OS. The summed E-state index contributed by atoms with van der Waals surface area (Å²) >= 11 is 5.06. The first-order valence-electron chi connectivity index (χ1n) is 6.97. The van der Waals surface area contributed by atoms with E-state index in [1.165, 1.54) is 11.5 Å². The zero-order valence-electron chi connectivity index (χ0n) is 12.5. The van der Waals surface area contributed by atoms with Crippen LogP contribution in [0.25, 0.3) is 0 Å². The molecule has 0 aliphatic heterocycles. The number of hydrogen-bond acceptors (Lipinski definition) is 6. The van der Waals surface area contributed by atoms with Crippen molar-refractivity contribution < 1.29 is 4.74 Å². The first-order valence-corrected chi connectivity index (χ1v) is 8.54. The third-order valence-electron chi connectivity index (χ3n) is 3.20. The quantitative estimate of drug-likeness (QED) is 0.769. The van der Waals surface area contributed by atoms with Crippen molar-refractivity contribution >= 4 is 27.5 Å². The summed E-state index contributed by atoms with van der Waals surface area (Å²) in [6.07, 6.45) is 2.70. The largest absolute Gasteiger partial charge is 0.383 e. The number of nitrogens with one attached hydrogen (secondary N) is 1. The lowest BCUT2D eigenvalue weighted by Crippen LogP contribution is -2.26. The van der Waals surface area contributed by atoms with E-state index in [1.54, 1.807) is 7.11 Å². The molecule has 0 aromatic carbocycles. The molecule has 21 heavy (non-hydrogen) atoms. The van der Waals surface area contributed by atoms with Crippen LogP contribution in [0.2, 0.25) is 0 Å². The standard InChI is InChI=1S/C13H20BrN5OS/c1-4-10-13(21-18-17-10)11(15-5-2)12-9(14)8-16-19(12)6-7-20-3/h8,11,15H,4-7H2,1-3H3. The highest BCUT2D eigenvalue weighted by Crippen LogP contribution is 2.32. The number of methoxy groups -OCH3 is 1. The lowest BCUT2D eigenvalue weighted by molar-refractivity contribution is 0.182. The molecule has 116 valence electrons. The average molecular weight is 374 g/mol. The molecule has 1 N–H and O–H groups in total. The zero-order chi connectivity index (χ0) is 15.2. The van der Waals surface area contributed by atoms with Gasteiger partial charge in [-0.05, 0) is 40.4 Å². The lowest BCUT2D eigenvalue weighted by Gasteiger charge is -2.19. The highest BCUT2D eigenvalue weighted by molar-refractivity contribution is 9.10. The van der Waals surface area contributed by atoms with Crippen LogP contribution in [0.5, 0.6) is 0 Å². The maximum Gasteiger partial charge on any atom is 0.0888 e. The monoisotopic (exact) mass is 373 g/mol. The lowest BCUT2D eigenvalue weighted by atomic mass is 10.1. The molecule has 2 aromatic heterocycles. The molecule has 0 saturated carbocycles. The van der Waals surface area contributed by atoms with E-state index in [9.17, 15) is 0 Å². The van der Waals surface area contributed by atoms with Crippen LogP contribution in [0, 0.1) is 0 Å². The number of aromatic nitrogens is 4. The zero-order valence-corrected chi connectivity index (χ0v) is 14.9. The molecule has 2 aromatic rings. The molecule has 8 heteroatoms. The van der Waals surface area contributed by atoms with Crippen molar-refractivity contribution in [3.05, 3.63) is 26.9 Å². The number of halogens is 1. The SMILES string of the molecule is CCNC(c1snnc1CC)c1c(Br)cnn1CCOC. The molecule has 0 aliphatic rings. The maximum absolute atomic E-state index is 5.17. The van der Waals surface area contributed by atoms with Crippen LogP contribution >= 0.6 is 27.5 Å². The van der Waals surface area contributed by atoms with Gasteiger partial charge in [0.05, 0.1) is 46.1 Å². The van der Waals surface area contributed by atoms with E-state index in [0.29, 0.717) is 13.2 Å². The molecule has 0 fully saturated rings. The Kier molecular flexibility index (Phi) is 6.28. The Balaban J connectivity index is 2.40. The van der Waals surface area contributed by atoms with E-state index in [0.717, 1.165) is 33.7 Å². The molecule has 2 rings (SSSR count). The number of ether oxygens (including phenoxy) is 1. The first kappa shape index (κ1) is 16.5. The van der Waals surface area contributed by atoms with E-state index in [2.05, 4.69) is 49.8 Å². The topological polar surface area (TPSA) is 64.9 Å². The van der Waals surface area contributed by atoms with Crippen molar-refractivity contribution in [2.45, 2.75) is 32.9 Å². The number of aryl methyl sites for hydroxylation is 1. The van der Waals surface area contributed by atoms with Crippen LogP contribution in [0.1, 0.15) is 36.2 Å². The minimum atomic E-state index is 0.0404. The summed E-state index contributed by atoms with van der Waals surface area (Å²) in [5.41, 5.74) is 2.13. The summed E-state index contributed by atoms with van der Waals surface area (Å²) in [5.74, 6) is 0. The van der Waals surface area contributed by atoms with Crippen molar-refractivity contribution in [3.63, 3.8) is 0 Å². The van der Waals surface area contributed by atoms with Crippen molar-refractivity contribution in [1.82, 2.24) is 24.7 Å². The van der Waals surface area contributed by atoms with Gasteiger partial charge >= 0.3 is 0 Å². The summed E-state index contributed by atoms with van der Waals surface area (Å²) in [7, 11) is 1.70. The second-order valence-electron chi connectivity index (χ2n) is 4.52. The van der Waals surface area contributed by atoms with Gasteiger partial charge in [-0.3, -0.25) is 4.68 Å². The van der Waals surface area contributed by atoms with Crippen molar-refractivity contribution in [3.8, 4) is 0 Å². The maximum atomic E-state index is 5.17. The van der Waals surface area contributed by atoms with E-state index in [-0.39, 0.29) is 6.04 Å². The van der Waals surface area contributed by atoms with Gasteiger partial charge in [0.1, 0.15) is 0 Å². The third-order valence-corrected chi connectivity index (χ3v) is 4.65. The smallest absolute Gasteiger partial charge is 0.0888 e. The normalized spacial score (nSPS) is 12.8. The summed E-state index contributed by atoms with van der Waals surface area (Å²) in [6.45, 7) is 6.39. The van der Waals surface area contributed by atoms with E-state index >= 15 is 0 Å². The molecule has 0 radical (unpaired) electrons. The van der Waals surface area contributed by atoms with Gasteiger partial charge < -0.3 is 10.1 Å². The summed E-state index contributed by atoms with van der Waals surface area (Å²) < 4.78 is 12.2. The second-order valence-corrected chi connectivity index (χ2v) is 6.16. The molecule has 0 bridgehead atoms. The Morgan fingerprint density at radius 3 is 2.95 bits per heavy atom. The Hall–Kier alpha value is -0.830. The van der Waals surface area contributed by atoms with Crippen molar-refractivity contribution in [2.75, 3.05) is 20.3 Å². The summed E-state index contributed by atoms with van der Waals surface area (Å²) in [6, 6.07) is 0.0404. The Morgan fingerprint density at radius 2 is 2.29 bits per heavy atom. The van der Waals surface area contributed by atoms with Gasteiger partial charge in [-0.1, -0.05) is 18.3 Å². The van der Waals surface area contributed by atoms with Crippen LogP contribution < -0.4 is 5.32 Å². The van der Waals surface area contributed by atoms with E-state index < -0.39 is 0 Å². The predicted octanol–water partition coefficient (Wildman–Crippen LogP) is 2.40. The minimum Gasteiger partial charge on any atom is -0.383 e. The van der Waals surface area contributed by atoms with Gasteiger partial charge in [0.15, 0.2) is 0 Å².